The highest BCUT2D eigenvalue weighted by atomic mass is 16.3. The van der Waals surface area contributed by atoms with Gasteiger partial charge in [0.15, 0.2) is 5.88 Å². The largest absolute Gasteiger partial charge is 0.508 e. The van der Waals surface area contributed by atoms with E-state index in [9.17, 15) is 15.0 Å². The molecule has 0 fully saturated rings. The standard InChI is InChI=1S/C17H12N2O3/c1-19-13-7-6-9(20)8-11(13)15(17(19)22)14-10-4-2-3-5-12(10)18-16(14)21/h2-8,20,22H,1H3. The SMILES string of the molecule is Cn1c(O)c(C2=c3ccccc3=NC2=O)c2cc(O)ccc21. The van der Waals surface area contributed by atoms with E-state index in [1.165, 1.54) is 0 Å². The normalized spacial score (nSPS) is 13.5. The molecule has 1 aliphatic heterocycles. The molecule has 0 spiro atoms. The molecule has 0 radical (unpaired) electrons. The van der Waals surface area contributed by atoms with Crippen LogP contribution >= 0.6 is 0 Å². The number of carbonyl (C=O) groups is 1. The van der Waals surface area contributed by atoms with Gasteiger partial charge in [-0.1, -0.05) is 18.2 Å². The molecule has 3 aromatic rings. The molecule has 4 rings (SSSR count). The Bertz CT molecular complexity index is 1080. The van der Waals surface area contributed by atoms with Gasteiger partial charge in [0.2, 0.25) is 0 Å². The Kier molecular flexibility index (Phi) is 2.42. The smallest absolute Gasteiger partial charge is 0.279 e. The van der Waals surface area contributed by atoms with Gasteiger partial charge in [-0.2, -0.15) is 0 Å². The van der Waals surface area contributed by atoms with Crippen molar-refractivity contribution < 1.29 is 15.0 Å². The van der Waals surface area contributed by atoms with Crippen LogP contribution in [0.2, 0.25) is 0 Å². The van der Waals surface area contributed by atoms with Gasteiger partial charge < -0.3 is 14.8 Å². The van der Waals surface area contributed by atoms with Crippen LogP contribution in [0.25, 0.3) is 16.5 Å². The molecule has 0 aliphatic carbocycles. The molecule has 0 atom stereocenters. The summed E-state index contributed by atoms with van der Waals surface area (Å²) in [7, 11) is 1.71. The summed E-state index contributed by atoms with van der Waals surface area (Å²) in [4.78, 5) is 16.4. The van der Waals surface area contributed by atoms with Crippen LogP contribution in [0.1, 0.15) is 5.56 Å². The Morgan fingerprint density at radius 2 is 1.86 bits per heavy atom. The summed E-state index contributed by atoms with van der Waals surface area (Å²) in [6.45, 7) is 0. The number of fused-ring (bicyclic) bond motifs is 2. The highest BCUT2D eigenvalue weighted by Crippen LogP contribution is 2.37. The molecule has 0 saturated heterocycles. The minimum atomic E-state index is -0.382. The molecule has 108 valence electrons. The lowest BCUT2D eigenvalue weighted by Gasteiger charge is -2.01. The summed E-state index contributed by atoms with van der Waals surface area (Å²) in [6, 6.07) is 12.0. The summed E-state index contributed by atoms with van der Waals surface area (Å²) >= 11 is 0. The minimum absolute atomic E-state index is 0.0177. The number of benzene rings is 2. The van der Waals surface area contributed by atoms with Crippen LogP contribution in [0, 0.1) is 0 Å². The zero-order valence-electron chi connectivity index (χ0n) is 11.7. The van der Waals surface area contributed by atoms with Gasteiger partial charge >= 0.3 is 0 Å². The van der Waals surface area contributed by atoms with Gasteiger partial charge in [0.05, 0.1) is 22.0 Å². The van der Waals surface area contributed by atoms with Crippen LogP contribution in [0.5, 0.6) is 11.6 Å². The quantitative estimate of drug-likeness (QED) is 0.701. The van der Waals surface area contributed by atoms with E-state index in [4.69, 9.17) is 0 Å². The fraction of sp³-hybridized carbons (Fsp3) is 0.0588. The average Bonchev–Trinajstić information content (AvgIpc) is 2.94. The van der Waals surface area contributed by atoms with Crippen LogP contribution in [0.15, 0.2) is 47.5 Å². The summed E-state index contributed by atoms with van der Waals surface area (Å²) in [5.41, 5.74) is 1.51. The summed E-state index contributed by atoms with van der Waals surface area (Å²) in [6.07, 6.45) is 0. The molecule has 22 heavy (non-hydrogen) atoms. The van der Waals surface area contributed by atoms with Crippen LogP contribution in [0.4, 0.5) is 0 Å². The van der Waals surface area contributed by atoms with E-state index in [0.29, 0.717) is 27.1 Å². The third-order valence-corrected chi connectivity index (χ3v) is 4.01. The first kappa shape index (κ1) is 12.6. The van der Waals surface area contributed by atoms with E-state index in [1.54, 1.807) is 41.9 Å². The molecule has 1 aromatic heterocycles. The van der Waals surface area contributed by atoms with Crippen molar-refractivity contribution >= 4 is 22.4 Å². The van der Waals surface area contributed by atoms with Crippen LogP contribution < -0.4 is 10.6 Å². The fourth-order valence-electron chi connectivity index (χ4n) is 2.97. The Balaban J connectivity index is 2.22. The fourth-order valence-corrected chi connectivity index (χ4v) is 2.97. The Morgan fingerprint density at radius 3 is 2.68 bits per heavy atom. The zero-order chi connectivity index (χ0) is 15.4. The number of nitrogens with zero attached hydrogens (tertiary/aromatic N) is 2. The molecule has 1 amide bonds. The lowest BCUT2D eigenvalue weighted by atomic mass is 10.0. The van der Waals surface area contributed by atoms with E-state index in [2.05, 4.69) is 4.99 Å². The van der Waals surface area contributed by atoms with Gasteiger partial charge in [-0.15, -0.1) is 0 Å². The second kappa shape index (κ2) is 4.21. The average molecular weight is 292 g/mol. The first-order valence-corrected chi connectivity index (χ1v) is 6.81. The summed E-state index contributed by atoms with van der Waals surface area (Å²) in [5, 5.41) is 22.1. The van der Waals surface area contributed by atoms with E-state index >= 15 is 0 Å². The number of phenols is 1. The van der Waals surface area contributed by atoms with Crippen molar-refractivity contribution in [2.75, 3.05) is 0 Å². The number of phenolic OH excluding ortho intramolecular Hbond substituents is 1. The van der Waals surface area contributed by atoms with Crippen molar-refractivity contribution in [2.45, 2.75) is 0 Å². The summed E-state index contributed by atoms with van der Waals surface area (Å²) in [5.74, 6) is -0.321. The molecule has 0 saturated carbocycles. The number of aromatic hydroxyl groups is 2. The predicted octanol–water partition coefficient (Wildman–Crippen LogP) is 0.948. The highest BCUT2D eigenvalue weighted by molar-refractivity contribution is 6.25. The van der Waals surface area contributed by atoms with Gasteiger partial charge in [0.1, 0.15) is 5.75 Å². The molecule has 2 N–H and O–H groups in total. The number of amides is 1. The zero-order valence-corrected chi connectivity index (χ0v) is 11.7. The van der Waals surface area contributed by atoms with E-state index in [-0.39, 0.29) is 17.5 Å². The number of hydrogen-bond donors (Lipinski definition) is 2. The van der Waals surface area contributed by atoms with Crippen molar-refractivity contribution in [1.82, 2.24) is 4.57 Å². The van der Waals surface area contributed by atoms with Crippen molar-refractivity contribution in [2.24, 2.45) is 12.0 Å². The topological polar surface area (TPSA) is 74.8 Å². The highest BCUT2D eigenvalue weighted by Gasteiger charge is 2.26. The summed E-state index contributed by atoms with van der Waals surface area (Å²) < 4.78 is 1.59. The van der Waals surface area contributed by atoms with Gasteiger partial charge in [0, 0.05) is 17.7 Å². The van der Waals surface area contributed by atoms with Crippen LogP contribution in [-0.2, 0) is 11.8 Å². The number of hydrogen-bond acceptors (Lipinski definition) is 3. The van der Waals surface area contributed by atoms with E-state index < -0.39 is 0 Å². The van der Waals surface area contributed by atoms with Gasteiger partial charge in [-0.3, -0.25) is 4.79 Å². The molecule has 5 heteroatoms. The monoisotopic (exact) mass is 292 g/mol. The second-order valence-corrected chi connectivity index (χ2v) is 5.27. The second-order valence-electron chi connectivity index (χ2n) is 5.27. The van der Waals surface area contributed by atoms with Gasteiger partial charge in [0.25, 0.3) is 5.91 Å². The molecule has 2 aromatic carbocycles. The molecular formula is C17H12N2O3. The molecular weight excluding hydrogens is 280 g/mol. The first-order chi connectivity index (χ1) is 10.6. The number of rotatable bonds is 1. The predicted molar refractivity (Wildman–Crippen MR) is 81.0 cm³/mol. The number of carbonyl (C=O) groups excluding carboxylic acids is 1. The van der Waals surface area contributed by atoms with Crippen molar-refractivity contribution in [3.8, 4) is 11.6 Å². The number of aromatic nitrogens is 1. The van der Waals surface area contributed by atoms with Crippen molar-refractivity contribution in [1.29, 1.82) is 0 Å². The lowest BCUT2D eigenvalue weighted by Crippen LogP contribution is -2.22. The maximum Gasteiger partial charge on any atom is 0.279 e. The third-order valence-electron chi connectivity index (χ3n) is 4.01. The molecule has 2 heterocycles. The first-order valence-electron chi connectivity index (χ1n) is 6.81. The molecule has 5 nitrogen and oxygen atoms in total. The van der Waals surface area contributed by atoms with Crippen LogP contribution in [0.3, 0.4) is 0 Å². The Hall–Kier alpha value is -3.08. The minimum Gasteiger partial charge on any atom is -0.508 e. The van der Waals surface area contributed by atoms with Crippen LogP contribution in [-0.4, -0.2) is 20.7 Å². The number of aryl methyl sites for hydroxylation is 1. The molecule has 0 unspecified atom stereocenters. The van der Waals surface area contributed by atoms with E-state index in [1.807, 2.05) is 12.1 Å². The van der Waals surface area contributed by atoms with Gasteiger partial charge in [-0.05, 0) is 24.3 Å². The lowest BCUT2D eigenvalue weighted by molar-refractivity contribution is -0.112. The maximum atomic E-state index is 12.3. The van der Waals surface area contributed by atoms with E-state index in [0.717, 1.165) is 5.52 Å². The number of para-hydroxylation sites is 1. The van der Waals surface area contributed by atoms with Gasteiger partial charge in [-0.25, -0.2) is 4.99 Å². The third kappa shape index (κ3) is 1.53. The Labute approximate surface area is 125 Å². The maximum absolute atomic E-state index is 12.3. The molecule has 1 aliphatic rings. The molecule has 0 bridgehead atoms. The van der Waals surface area contributed by atoms with Crippen molar-refractivity contribution in [3.63, 3.8) is 0 Å². The van der Waals surface area contributed by atoms with Crippen molar-refractivity contribution in [3.05, 3.63) is 58.6 Å². The Morgan fingerprint density at radius 1 is 1.09 bits per heavy atom.